The van der Waals surface area contributed by atoms with Crippen LogP contribution in [0, 0.1) is 6.92 Å². The van der Waals surface area contributed by atoms with E-state index in [4.69, 9.17) is 28.9 Å². The normalized spacial score (nSPS) is 11.0. The second kappa shape index (κ2) is 5.37. The Kier molecular flexibility index (Phi) is 3.69. The number of nitrogens with two attached hydrogens (primary N) is 1. The van der Waals surface area contributed by atoms with E-state index in [1.54, 1.807) is 28.2 Å². The molecule has 0 amide bonds. The van der Waals surface area contributed by atoms with Gasteiger partial charge in [-0.3, -0.25) is 4.68 Å². The third-order valence-electron chi connectivity index (χ3n) is 3.27. The van der Waals surface area contributed by atoms with Gasteiger partial charge in [0.25, 0.3) is 0 Å². The molecule has 0 unspecified atom stereocenters. The number of hydrogen-bond acceptors (Lipinski definition) is 3. The minimum Gasteiger partial charge on any atom is -0.383 e. The molecular formula is C15H13Cl2N3S. The van der Waals surface area contributed by atoms with Crippen LogP contribution in [0.2, 0.25) is 10.0 Å². The van der Waals surface area contributed by atoms with Crippen molar-refractivity contribution in [3.8, 4) is 21.7 Å². The molecule has 0 saturated carbocycles. The van der Waals surface area contributed by atoms with Crippen molar-refractivity contribution >= 4 is 40.4 Å². The predicted molar refractivity (Wildman–Crippen MR) is 91.1 cm³/mol. The molecule has 0 bridgehead atoms. The number of nitrogen functional groups attached to an aromatic ring is 1. The Bertz CT molecular complexity index is 820. The van der Waals surface area contributed by atoms with Crippen LogP contribution in [-0.2, 0) is 7.05 Å². The zero-order valence-corrected chi connectivity index (χ0v) is 13.9. The number of aromatic nitrogens is 2. The van der Waals surface area contributed by atoms with E-state index in [2.05, 4.69) is 24.2 Å². The molecular weight excluding hydrogens is 325 g/mol. The SMILES string of the molecule is Cc1ccc(-c2nn(C)c(N)c2-c2ccc(Cl)cc2Cl)s1. The van der Waals surface area contributed by atoms with Crippen molar-refractivity contribution < 1.29 is 0 Å². The van der Waals surface area contributed by atoms with Crippen LogP contribution in [0.3, 0.4) is 0 Å². The van der Waals surface area contributed by atoms with Crippen molar-refractivity contribution in [1.82, 2.24) is 9.78 Å². The van der Waals surface area contributed by atoms with Gasteiger partial charge in [0.2, 0.25) is 0 Å². The molecule has 2 aromatic heterocycles. The number of rotatable bonds is 2. The molecule has 6 heteroatoms. The molecule has 0 saturated heterocycles. The predicted octanol–water partition coefficient (Wildman–Crippen LogP) is 5.01. The number of thiophene rings is 1. The summed E-state index contributed by atoms with van der Waals surface area (Å²) in [5, 5.41) is 5.71. The second-order valence-electron chi connectivity index (χ2n) is 4.77. The van der Waals surface area contributed by atoms with E-state index < -0.39 is 0 Å². The lowest BCUT2D eigenvalue weighted by Crippen LogP contribution is -1.98. The van der Waals surface area contributed by atoms with Gasteiger partial charge in [-0.25, -0.2) is 0 Å². The lowest BCUT2D eigenvalue weighted by Gasteiger charge is -2.06. The number of nitrogens with zero attached hydrogens (tertiary/aromatic N) is 2. The van der Waals surface area contributed by atoms with Crippen molar-refractivity contribution in [3.63, 3.8) is 0 Å². The van der Waals surface area contributed by atoms with Crippen LogP contribution in [0.5, 0.6) is 0 Å². The van der Waals surface area contributed by atoms with Crippen molar-refractivity contribution in [3.05, 3.63) is 45.3 Å². The van der Waals surface area contributed by atoms with E-state index in [0.29, 0.717) is 15.9 Å². The standard InChI is InChI=1S/C15H13Cl2N3S/c1-8-3-6-12(21-8)14-13(15(18)20(2)19-14)10-5-4-9(16)7-11(10)17/h3-7H,18H2,1-2H3. The Labute approximate surface area is 136 Å². The summed E-state index contributed by atoms with van der Waals surface area (Å²) in [6.45, 7) is 2.06. The fourth-order valence-corrected chi connectivity index (χ4v) is 3.59. The fraction of sp³-hybridized carbons (Fsp3) is 0.133. The summed E-state index contributed by atoms with van der Waals surface area (Å²) in [4.78, 5) is 2.29. The average Bonchev–Trinajstić information content (AvgIpc) is 2.96. The minimum atomic E-state index is 0.566. The van der Waals surface area contributed by atoms with Gasteiger partial charge in [-0.05, 0) is 31.2 Å². The van der Waals surface area contributed by atoms with E-state index in [-0.39, 0.29) is 0 Å². The minimum absolute atomic E-state index is 0.566. The largest absolute Gasteiger partial charge is 0.383 e. The fourth-order valence-electron chi connectivity index (χ4n) is 2.23. The molecule has 3 aromatic rings. The molecule has 0 aliphatic carbocycles. The lowest BCUT2D eigenvalue weighted by atomic mass is 10.0. The zero-order chi connectivity index (χ0) is 15.1. The quantitative estimate of drug-likeness (QED) is 0.713. The highest BCUT2D eigenvalue weighted by Crippen LogP contribution is 2.41. The molecule has 2 N–H and O–H groups in total. The highest BCUT2D eigenvalue weighted by atomic mass is 35.5. The number of benzene rings is 1. The van der Waals surface area contributed by atoms with Gasteiger partial charge >= 0.3 is 0 Å². The molecule has 0 aliphatic rings. The van der Waals surface area contributed by atoms with E-state index in [1.807, 2.05) is 13.1 Å². The van der Waals surface area contributed by atoms with Gasteiger partial charge in [0.1, 0.15) is 11.5 Å². The van der Waals surface area contributed by atoms with E-state index >= 15 is 0 Å². The van der Waals surface area contributed by atoms with Gasteiger partial charge in [-0.1, -0.05) is 29.3 Å². The molecule has 2 heterocycles. The van der Waals surface area contributed by atoms with Crippen molar-refractivity contribution in [2.24, 2.45) is 7.05 Å². The summed E-state index contributed by atoms with van der Waals surface area (Å²) < 4.78 is 1.67. The second-order valence-corrected chi connectivity index (χ2v) is 6.90. The topological polar surface area (TPSA) is 43.8 Å². The third-order valence-corrected chi connectivity index (χ3v) is 4.82. The Hall–Kier alpha value is -1.49. The number of halogens is 2. The Balaban J connectivity index is 2.26. The maximum Gasteiger partial charge on any atom is 0.130 e. The smallest absolute Gasteiger partial charge is 0.130 e. The highest BCUT2D eigenvalue weighted by molar-refractivity contribution is 7.15. The molecule has 0 fully saturated rings. The van der Waals surface area contributed by atoms with Gasteiger partial charge in [-0.15, -0.1) is 11.3 Å². The highest BCUT2D eigenvalue weighted by Gasteiger charge is 2.20. The molecule has 0 spiro atoms. The molecule has 0 aliphatic heterocycles. The Morgan fingerprint density at radius 1 is 1.19 bits per heavy atom. The third kappa shape index (κ3) is 2.55. The van der Waals surface area contributed by atoms with Crippen LogP contribution in [0.4, 0.5) is 5.82 Å². The van der Waals surface area contributed by atoms with Crippen LogP contribution >= 0.6 is 34.5 Å². The first-order chi connectivity index (χ1) is 9.97. The average molecular weight is 338 g/mol. The van der Waals surface area contributed by atoms with Crippen LogP contribution < -0.4 is 5.73 Å². The molecule has 0 atom stereocenters. The van der Waals surface area contributed by atoms with Gasteiger partial charge in [0.05, 0.1) is 15.5 Å². The van der Waals surface area contributed by atoms with Crippen LogP contribution in [-0.4, -0.2) is 9.78 Å². The van der Waals surface area contributed by atoms with E-state index in [0.717, 1.165) is 21.7 Å². The maximum absolute atomic E-state index is 6.34. The Morgan fingerprint density at radius 3 is 2.57 bits per heavy atom. The van der Waals surface area contributed by atoms with Crippen molar-refractivity contribution in [2.75, 3.05) is 5.73 Å². The summed E-state index contributed by atoms with van der Waals surface area (Å²) in [5.41, 5.74) is 8.73. The molecule has 1 aromatic carbocycles. The first kappa shape index (κ1) is 14.4. The first-order valence-electron chi connectivity index (χ1n) is 6.32. The van der Waals surface area contributed by atoms with Crippen LogP contribution in [0.1, 0.15) is 4.88 Å². The maximum atomic E-state index is 6.34. The summed E-state index contributed by atoms with van der Waals surface area (Å²) in [6.07, 6.45) is 0. The van der Waals surface area contributed by atoms with E-state index in [9.17, 15) is 0 Å². The number of aryl methyl sites for hydroxylation is 2. The molecule has 108 valence electrons. The summed E-state index contributed by atoms with van der Waals surface area (Å²) >= 11 is 14.0. The monoisotopic (exact) mass is 337 g/mol. The van der Waals surface area contributed by atoms with Crippen LogP contribution in [0.15, 0.2) is 30.3 Å². The molecule has 0 radical (unpaired) electrons. The number of hydrogen-bond donors (Lipinski definition) is 1. The van der Waals surface area contributed by atoms with Gasteiger partial charge in [-0.2, -0.15) is 5.10 Å². The van der Waals surface area contributed by atoms with Gasteiger partial charge in [0, 0.05) is 22.5 Å². The summed E-state index contributed by atoms with van der Waals surface area (Å²) in [5.74, 6) is 0.584. The Morgan fingerprint density at radius 2 is 1.95 bits per heavy atom. The molecule has 3 rings (SSSR count). The first-order valence-corrected chi connectivity index (χ1v) is 7.89. The number of anilines is 1. The van der Waals surface area contributed by atoms with E-state index in [1.165, 1.54) is 4.88 Å². The molecule has 21 heavy (non-hydrogen) atoms. The van der Waals surface area contributed by atoms with Crippen LogP contribution in [0.25, 0.3) is 21.7 Å². The van der Waals surface area contributed by atoms with Crippen molar-refractivity contribution in [1.29, 1.82) is 0 Å². The van der Waals surface area contributed by atoms with Gasteiger partial charge in [0.15, 0.2) is 0 Å². The summed E-state index contributed by atoms with van der Waals surface area (Å²) in [6, 6.07) is 9.52. The van der Waals surface area contributed by atoms with Crippen molar-refractivity contribution in [2.45, 2.75) is 6.92 Å². The molecule has 3 nitrogen and oxygen atoms in total. The summed E-state index contributed by atoms with van der Waals surface area (Å²) in [7, 11) is 1.83. The zero-order valence-electron chi connectivity index (χ0n) is 11.5. The van der Waals surface area contributed by atoms with Gasteiger partial charge < -0.3 is 5.73 Å². The lowest BCUT2D eigenvalue weighted by molar-refractivity contribution is 0.783.